The first-order valence-corrected chi connectivity index (χ1v) is 8.25. The molecule has 1 rings (SSSR count). The number of hydrogen-bond acceptors (Lipinski definition) is 4. The molecule has 1 unspecified atom stereocenters. The van der Waals surface area contributed by atoms with E-state index in [1.807, 2.05) is 20.8 Å². The topological polar surface area (TPSA) is 72.6 Å². The lowest BCUT2D eigenvalue weighted by Crippen LogP contribution is -2.38. The lowest BCUT2D eigenvalue weighted by molar-refractivity contribution is 0.342. The predicted octanol–water partition coefficient (Wildman–Crippen LogP) is 1.96. The first kappa shape index (κ1) is 16.9. The molecule has 6 heteroatoms. The van der Waals surface area contributed by atoms with E-state index in [1.165, 1.54) is 4.31 Å². The van der Waals surface area contributed by atoms with Gasteiger partial charge >= 0.3 is 0 Å². The molecule has 0 aliphatic carbocycles. The van der Waals surface area contributed by atoms with Gasteiger partial charge in [-0.1, -0.05) is 13.8 Å². The van der Waals surface area contributed by atoms with Gasteiger partial charge in [0.05, 0.1) is 12.0 Å². The molecule has 5 nitrogen and oxygen atoms in total. The van der Waals surface area contributed by atoms with Gasteiger partial charge in [-0.2, -0.15) is 4.31 Å². The van der Waals surface area contributed by atoms with E-state index in [-0.39, 0.29) is 17.5 Å². The van der Waals surface area contributed by atoms with Crippen LogP contribution in [0.1, 0.15) is 32.8 Å². The molecule has 1 atom stereocenters. The van der Waals surface area contributed by atoms with E-state index in [4.69, 9.17) is 10.5 Å². The molecule has 0 aliphatic heterocycles. The molecule has 1 aromatic carbocycles. The minimum Gasteiger partial charge on any atom is -0.496 e. The summed E-state index contributed by atoms with van der Waals surface area (Å²) >= 11 is 0. The summed E-state index contributed by atoms with van der Waals surface area (Å²) in [5.74, 6) is 0.609. The van der Waals surface area contributed by atoms with Crippen molar-refractivity contribution in [3.63, 3.8) is 0 Å². The molecule has 0 saturated carbocycles. The summed E-state index contributed by atoms with van der Waals surface area (Å²) < 4.78 is 32.0. The van der Waals surface area contributed by atoms with Crippen molar-refractivity contribution in [1.29, 1.82) is 0 Å². The monoisotopic (exact) mass is 300 g/mol. The Morgan fingerprint density at radius 3 is 2.45 bits per heavy atom. The van der Waals surface area contributed by atoms with Gasteiger partial charge in [0.2, 0.25) is 10.0 Å². The molecular weight excluding hydrogens is 276 g/mol. The Morgan fingerprint density at radius 2 is 2.00 bits per heavy atom. The van der Waals surface area contributed by atoms with Crippen LogP contribution < -0.4 is 10.5 Å². The van der Waals surface area contributed by atoms with Crippen LogP contribution in [0, 0.1) is 0 Å². The van der Waals surface area contributed by atoms with E-state index in [0.717, 1.165) is 6.42 Å². The van der Waals surface area contributed by atoms with Crippen molar-refractivity contribution in [1.82, 2.24) is 4.31 Å². The van der Waals surface area contributed by atoms with Crippen molar-refractivity contribution in [2.45, 2.75) is 44.7 Å². The van der Waals surface area contributed by atoms with Gasteiger partial charge in [-0.25, -0.2) is 8.42 Å². The van der Waals surface area contributed by atoms with E-state index in [1.54, 1.807) is 25.3 Å². The Bertz CT molecular complexity index is 543. The van der Waals surface area contributed by atoms with Crippen LogP contribution in [0.15, 0.2) is 23.1 Å². The smallest absolute Gasteiger partial charge is 0.243 e. The van der Waals surface area contributed by atoms with E-state index in [9.17, 15) is 8.42 Å². The molecule has 0 heterocycles. The summed E-state index contributed by atoms with van der Waals surface area (Å²) in [5, 5.41) is 0. The fraction of sp³-hybridized carbons (Fsp3) is 0.571. The minimum absolute atomic E-state index is 0.0339. The zero-order valence-corrected chi connectivity index (χ0v) is 13.4. The van der Waals surface area contributed by atoms with E-state index in [0.29, 0.717) is 17.9 Å². The molecule has 0 spiro atoms. The molecule has 0 fully saturated rings. The van der Waals surface area contributed by atoms with Gasteiger partial charge in [0.1, 0.15) is 5.75 Å². The summed E-state index contributed by atoms with van der Waals surface area (Å²) in [6, 6.07) is 4.78. The molecular formula is C14H24N2O3S. The fourth-order valence-electron chi connectivity index (χ4n) is 2.13. The molecule has 0 amide bonds. The second-order valence-corrected chi connectivity index (χ2v) is 6.53. The lowest BCUT2D eigenvalue weighted by Gasteiger charge is -2.26. The molecule has 0 bridgehead atoms. The first-order chi connectivity index (χ1) is 9.42. The van der Waals surface area contributed by atoms with Crippen LogP contribution in [0.4, 0.5) is 0 Å². The standard InChI is InChI=1S/C14H24N2O3S/c1-5-11(3)16(6-2)20(17,18)13-7-8-14(19-4)12(9-13)10-15/h7-9,11H,5-6,10,15H2,1-4H3. The number of methoxy groups -OCH3 is 1. The maximum absolute atomic E-state index is 12.7. The highest BCUT2D eigenvalue weighted by Crippen LogP contribution is 2.25. The number of hydrogen-bond donors (Lipinski definition) is 1. The van der Waals surface area contributed by atoms with Crippen LogP contribution in [0.3, 0.4) is 0 Å². The Kier molecular flexibility index (Phi) is 5.98. The molecule has 0 aromatic heterocycles. The van der Waals surface area contributed by atoms with Gasteiger partial charge in [-0.05, 0) is 31.5 Å². The van der Waals surface area contributed by atoms with Gasteiger partial charge in [0.25, 0.3) is 0 Å². The summed E-state index contributed by atoms with van der Waals surface area (Å²) in [6.07, 6.45) is 0.771. The second-order valence-electron chi connectivity index (χ2n) is 4.64. The SMILES string of the molecule is CCC(C)N(CC)S(=O)(=O)c1ccc(OC)c(CN)c1. The van der Waals surface area contributed by atoms with E-state index in [2.05, 4.69) is 0 Å². The van der Waals surface area contributed by atoms with Crippen molar-refractivity contribution >= 4 is 10.0 Å². The quantitative estimate of drug-likeness (QED) is 0.835. The number of nitrogens with two attached hydrogens (primary N) is 1. The zero-order valence-electron chi connectivity index (χ0n) is 12.6. The maximum Gasteiger partial charge on any atom is 0.243 e. The van der Waals surface area contributed by atoms with Gasteiger partial charge < -0.3 is 10.5 Å². The van der Waals surface area contributed by atoms with Crippen molar-refractivity contribution in [3.05, 3.63) is 23.8 Å². The van der Waals surface area contributed by atoms with Crippen molar-refractivity contribution in [2.75, 3.05) is 13.7 Å². The normalized spacial score (nSPS) is 13.5. The van der Waals surface area contributed by atoms with Crippen LogP contribution in [0.25, 0.3) is 0 Å². The summed E-state index contributed by atoms with van der Waals surface area (Å²) in [4.78, 5) is 0.265. The number of benzene rings is 1. The molecule has 114 valence electrons. The number of rotatable bonds is 7. The zero-order chi connectivity index (χ0) is 15.3. The van der Waals surface area contributed by atoms with Crippen LogP contribution >= 0.6 is 0 Å². The number of sulfonamides is 1. The Morgan fingerprint density at radius 1 is 1.35 bits per heavy atom. The van der Waals surface area contributed by atoms with Crippen LogP contribution in [-0.2, 0) is 16.6 Å². The van der Waals surface area contributed by atoms with Crippen LogP contribution in [-0.4, -0.2) is 32.4 Å². The summed E-state index contributed by atoms with van der Waals surface area (Å²) in [6.45, 7) is 6.41. The fourth-order valence-corrected chi connectivity index (χ4v) is 3.90. The Balaban J connectivity index is 3.27. The molecule has 0 aliphatic rings. The van der Waals surface area contributed by atoms with Crippen molar-refractivity contribution in [3.8, 4) is 5.75 Å². The van der Waals surface area contributed by atoms with Gasteiger partial charge in [0.15, 0.2) is 0 Å². The van der Waals surface area contributed by atoms with Crippen molar-refractivity contribution < 1.29 is 13.2 Å². The Hall–Kier alpha value is -1.11. The highest BCUT2D eigenvalue weighted by atomic mass is 32.2. The van der Waals surface area contributed by atoms with E-state index >= 15 is 0 Å². The highest BCUT2D eigenvalue weighted by Gasteiger charge is 2.27. The van der Waals surface area contributed by atoms with Crippen molar-refractivity contribution in [2.24, 2.45) is 5.73 Å². The van der Waals surface area contributed by atoms with Gasteiger partial charge in [-0.15, -0.1) is 0 Å². The van der Waals surface area contributed by atoms with Gasteiger partial charge in [-0.3, -0.25) is 0 Å². The van der Waals surface area contributed by atoms with E-state index < -0.39 is 10.0 Å². The second kappa shape index (κ2) is 7.06. The summed E-state index contributed by atoms with van der Waals surface area (Å²) in [7, 11) is -1.96. The lowest BCUT2D eigenvalue weighted by atomic mass is 10.2. The maximum atomic E-state index is 12.7. The van der Waals surface area contributed by atoms with Gasteiger partial charge in [0, 0.05) is 24.7 Å². The third-order valence-corrected chi connectivity index (χ3v) is 5.56. The van der Waals surface area contributed by atoms with Crippen LogP contribution in [0.5, 0.6) is 5.75 Å². The molecule has 20 heavy (non-hydrogen) atoms. The molecule has 2 N–H and O–H groups in total. The average Bonchev–Trinajstić information content (AvgIpc) is 2.46. The third kappa shape index (κ3) is 3.31. The highest BCUT2D eigenvalue weighted by molar-refractivity contribution is 7.89. The molecule has 0 saturated heterocycles. The largest absolute Gasteiger partial charge is 0.496 e. The summed E-state index contributed by atoms with van der Waals surface area (Å²) in [5.41, 5.74) is 6.33. The third-order valence-electron chi connectivity index (χ3n) is 3.47. The average molecular weight is 300 g/mol. The number of ether oxygens (including phenoxy) is 1. The Labute approximate surface area is 121 Å². The first-order valence-electron chi connectivity index (χ1n) is 6.81. The predicted molar refractivity (Wildman–Crippen MR) is 80.2 cm³/mol. The molecule has 1 aromatic rings. The minimum atomic E-state index is -3.50. The number of nitrogens with zero attached hydrogens (tertiary/aromatic N) is 1. The van der Waals surface area contributed by atoms with Crippen LogP contribution in [0.2, 0.25) is 0 Å². The molecule has 0 radical (unpaired) electrons.